The van der Waals surface area contributed by atoms with Crippen LogP contribution in [0, 0.1) is 17.0 Å². The molecule has 2 N–H and O–H groups in total. The molecule has 1 unspecified atom stereocenters. The van der Waals surface area contributed by atoms with E-state index in [9.17, 15) is 13.6 Å². The predicted molar refractivity (Wildman–Crippen MR) is 98.9 cm³/mol. The molecule has 0 radical (unpaired) electrons. The maximum absolute atomic E-state index is 13.4. The van der Waals surface area contributed by atoms with Crippen molar-refractivity contribution in [2.24, 2.45) is 10.4 Å². The zero-order chi connectivity index (χ0) is 19.3. The van der Waals surface area contributed by atoms with Crippen molar-refractivity contribution in [3.63, 3.8) is 0 Å². The van der Waals surface area contributed by atoms with Crippen LogP contribution in [0.25, 0.3) is 0 Å². The molecule has 1 aliphatic carbocycles. The molecule has 0 aliphatic heterocycles. The number of amides is 1. The van der Waals surface area contributed by atoms with E-state index in [1.165, 1.54) is 12.1 Å². The second-order valence-electron chi connectivity index (χ2n) is 7.15. The van der Waals surface area contributed by atoms with Crippen molar-refractivity contribution in [2.75, 3.05) is 27.7 Å². The van der Waals surface area contributed by atoms with Gasteiger partial charge in [0, 0.05) is 27.7 Å². The molecule has 1 aliphatic rings. The molecule has 5 nitrogen and oxygen atoms in total. The number of carbonyl (C=O) groups is 1. The number of guanidine groups is 1. The van der Waals surface area contributed by atoms with Gasteiger partial charge in [0.05, 0.1) is 11.5 Å². The number of hydrogen-bond donors (Lipinski definition) is 2. The Labute approximate surface area is 153 Å². The third-order valence-electron chi connectivity index (χ3n) is 5.04. The van der Waals surface area contributed by atoms with E-state index in [0.717, 1.165) is 31.7 Å². The Morgan fingerprint density at radius 1 is 1.27 bits per heavy atom. The molecule has 144 valence electrons. The van der Waals surface area contributed by atoms with E-state index >= 15 is 0 Å². The first kappa shape index (κ1) is 20.1. The van der Waals surface area contributed by atoms with Crippen LogP contribution in [0.2, 0.25) is 0 Å². The van der Waals surface area contributed by atoms with Crippen molar-refractivity contribution in [3.8, 4) is 0 Å². The normalized spacial score (nSPS) is 17.7. The van der Waals surface area contributed by atoms with E-state index in [0.29, 0.717) is 18.1 Å². The maximum atomic E-state index is 13.4. The van der Waals surface area contributed by atoms with Crippen LogP contribution in [0.15, 0.2) is 23.2 Å². The molecule has 1 aromatic carbocycles. The number of nitrogens with zero attached hydrogens (tertiary/aromatic N) is 2. The fourth-order valence-corrected chi connectivity index (χ4v) is 3.51. The summed E-state index contributed by atoms with van der Waals surface area (Å²) in [6.07, 6.45) is 3.79. The van der Waals surface area contributed by atoms with Gasteiger partial charge in [-0.05, 0) is 37.5 Å². The third kappa shape index (κ3) is 4.51. The van der Waals surface area contributed by atoms with Gasteiger partial charge in [-0.3, -0.25) is 9.79 Å². The molecule has 0 saturated heterocycles. The lowest BCUT2D eigenvalue weighted by molar-refractivity contribution is -0.138. The molecule has 7 heteroatoms. The van der Waals surface area contributed by atoms with Crippen LogP contribution >= 0.6 is 0 Å². The fraction of sp³-hybridized carbons (Fsp3) is 0.579. The van der Waals surface area contributed by atoms with Crippen molar-refractivity contribution in [1.29, 1.82) is 0 Å². The summed E-state index contributed by atoms with van der Waals surface area (Å²) >= 11 is 0. The van der Waals surface area contributed by atoms with Crippen molar-refractivity contribution in [3.05, 3.63) is 35.4 Å². The molecule has 0 bridgehead atoms. The highest BCUT2D eigenvalue weighted by Gasteiger charge is 2.42. The van der Waals surface area contributed by atoms with Gasteiger partial charge in [-0.25, -0.2) is 8.78 Å². The van der Waals surface area contributed by atoms with Crippen LogP contribution in [0.3, 0.4) is 0 Å². The molecular formula is C19H28F2N4O. The number of benzene rings is 1. The van der Waals surface area contributed by atoms with Gasteiger partial charge in [-0.2, -0.15) is 0 Å². The lowest BCUT2D eigenvalue weighted by Gasteiger charge is -2.31. The summed E-state index contributed by atoms with van der Waals surface area (Å²) in [7, 11) is 5.20. The number of aliphatic imine (C=N–C) groups is 1. The van der Waals surface area contributed by atoms with Gasteiger partial charge in [-0.15, -0.1) is 0 Å². The molecule has 1 amide bonds. The van der Waals surface area contributed by atoms with E-state index in [1.54, 1.807) is 26.0 Å². The lowest BCUT2D eigenvalue weighted by atomic mass is 9.84. The Kier molecular flexibility index (Phi) is 6.56. The molecular weight excluding hydrogens is 338 g/mol. The number of rotatable bonds is 5. The highest BCUT2D eigenvalue weighted by Crippen LogP contribution is 2.38. The van der Waals surface area contributed by atoms with Gasteiger partial charge in [0.25, 0.3) is 0 Å². The Hall–Kier alpha value is -2.18. The largest absolute Gasteiger partial charge is 0.355 e. The molecule has 1 atom stereocenters. The van der Waals surface area contributed by atoms with E-state index in [1.807, 2.05) is 6.92 Å². The minimum Gasteiger partial charge on any atom is -0.355 e. The second kappa shape index (κ2) is 8.47. The second-order valence-corrected chi connectivity index (χ2v) is 7.15. The Morgan fingerprint density at radius 3 is 2.46 bits per heavy atom. The van der Waals surface area contributed by atoms with Crippen molar-refractivity contribution < 1.29 is 13.6 Å². The minimum absolute atomic E-state index is 0.131. The third-order valence-corrected chi connectivity index (χ3v) is 5.04. The van der Waals surface area contributed by atoms with Crippen LogP contribution in [0.1, 0.15) is 44.2 Å². The number of carbonyl (C=O) groups excluding carboxylic acids is 1. The first-order valence-corrected chi connectivity index (χ1v) is 8.93. The molecule has 2 rings (SSSR count). The average Bonchev–Trinajstić information content (AvgIpc) is 3.10. The van der Waals surface area contributed by atoms with Crippen LogP contribution in [-0.2, 0) is 4.79 Å². The summed E-state index contributed by atoms with van der Waals surface area (Å²) < 4.78 is 26.5. The first-order chi connectivity index (χ1) is 12.3. The summed E-state index contributed by atoms with van der Waals surface area (Å²) in [5, 5.41) is 6.40. The number of nitrogens with one attached hydrogen (secondary N) is 2. The highest BCUT2D eigenvalue weighted by molar-refractivity contribution is 5.85. The van der Waals surface area contributed by atoms with Gasteiger partial charge in [-0.1, -0.05) is 18.9 Å². The molecule has 1 fully saturated rings. The Balaban J connectivity index is 2.02. The fourth-order valence-electron chi connectivity index (χ4n) is 3.51. The quantitative estimate of drug-likeness (QED) is 0.622. The summed E-state index contributed by atoms with van der Waals surface area (Å²) in [5.74, 6) is -1.08. The van der Waals surface area contributed by atoms with Gasteiger partial charge in [0.1, 0.15) is 0 Å². The summed E-state index contributed by atoms with van der Waals surface area (Å²) in [6, 6.07) is 3.56. The molecule has 0 aromatic heterocycles. The van der Waals surface area contributed by atoms with Crippen LogP contribution < -0.4 is 10.6 Å². The lowest BCUT2D eigenvalue weighted by Crippen LogP contribution is -2.49. The van der Waals surface area contributed by atoms with Gasteiger partial charge >= 0.3 is 0 Å². The van der Waals surface area contributed by atoms with Gasteiger partial charge < -0.3 is 15.5 Å². The summed E-state index contributed by atoms with van der Waals surface area (Å²) in [4.78, 5) is 18.5. The van der Waals surface area contributed by atoms with Gasteiger partial charge in [0.15, 0.2) is 17.6 Å². The van der Waals surface area contributed by atoms with Crippen molar-refractivity contribution in [2.45, 2.75) is 38.6 Å². The van der Waals surface area contributed by atoms with E-state index in [2.05, 4.69) is 15.6 Å². The monoisotopic (exact) mass is 366 g/mol. The van der Waals surface area contributed by atoms with Gasteiger partial charge in [0.2, 0.25) is 5.91 Å². The Bertz CT molecular complexity index is 670. The van der Waals surface area contributed by atoms with E-state index in [-0.39, 0.29) is 11.9 Å². The molecule has 1 saturated carbocycles. The SMILES string of the molecule is CN=C(NCC1(C(=O)N(C)C)CCCC1)NC(C)c1ccc(F)c(F)c1. The van der Waals surface area contributed by atoms with Crippen molar-refractivity contribution >= 4 is 11.9 Å². The van der Waals surface area contributed by atoms with E-state index in [4.69, 9.17) is 0 Å². The predicted octanol–water partition coefficient (Wildman–Crippen LogP) is 2.84. The number of hydrogen-bond acceptors (Lipinski definition) is 2. The Morgan fingerprint density at radius 2 is 1.92 bits per heavy atom. The van der Waals surface area contributed by atoms with E-state index < -0.39 is 17.0 Å². The summed E-state index contributed by atoms with van der Waals surface area (Å²) in [5.41, 5.74) is 0.207. The average molecular weight is 366 g/mol. The van der Waals surface area contributed by atoms with Crippen LogP contribution in [-0.4, -0.2) is 44.5 Å². The smallest absolute Gasteiger partial charge is 0.230 e. The first-order valence-electron chi connectivity index (χ1n) is 8.93. The maximum Gasteiger partial charge on any atom is 0.230 e. The zero-order valence-electron chi connectivity index (χ0n) is 15.9. The van der Waals surface area contributed by atoms with Crippen molar-refractivity contribution in [1.82, 2.24) is 15.5 Å². The molecule has 0 heterocycles. The van der Waals surface area contributed by atoms with Crippen LogP contribution in [0.5, 0.6) is 0 Å². The summed E-state index contributed by atoms with van der Waals surface area (Å²) in [6.45, 7) is 2.34. The topological polar surface area (TPSA) is 56.7 Å². The van der Waals surface area contributed by atoms with Crippen LogP contribution in [0.4, 0.5) is 8.78 Å². The molecule has 26 heavy (non-hydrogen) atoms. The zero-order valence-corrected chi connectivity index (χ0v) is 15.9. The standard InChI is InChI=1S/C19H28F2N4O/c1-13(14-7-8-15(20)16(21)11-14)24-18(22-2)23-12-19(9-5-6-10-19)17(26)25(3)4/h7-8,11,13H,5-6,9-10,12H2,1-4H3,(H2,22,23,24). The minimum atomic E-state index is -0.874. The number of halogens is 2. The molecule has 1 aromatic rings. The molecule has 0 spiro atoms. The highest BCUT2D eigenvalue weighted by atomic mass is 19.2.